The van der Waals surface area contributed by atoms with Crippen LogP contribution < -0.4 is 10.6 Å². The van der Waals surface area contributed by atoms with Crippen molar-refractivity contribution in [3.8, 4) is 0 Å². The fourth-order valence-electron chi connectivity index (χ4n) is 4.48. The second-order valence-corrected chi connectivity index (χ2v) is 12.4. The predicted octanol–water partition coefficient (Wildman–Crippen LogP) is 7.25. The van der Waals surface area contributed by atoms with Crippen LogP contribution in [0.5, 0.6) is 0 Å². The number of benzene rings is 2. The maximum atomic E-state index is 14.6. The van der Waals surface area contributed by atoms with Gasteiger partial charge in [0.2, 0.25) is 5.91 Å². The number of nitrogens with zero attached hydrogens (tertiary/aromatic N) is 1. The summed E-state index contributed by atoms with van der Waals surface area (Å²) < 4.78 is 5.52. The molecule has 3 atom stereocenters. The van der Waals surface area contributed by atoms with Gasteiger partial charge in [0.05, 0.1) is 0 Å². The zero-order valence-electron chi connectivity index (χ0n) is 26.3. The van der Waals surface area contributed by atoms with Crippen LogP contribution in [-0.4, -0.2) is 40.0 Å². The third-order valence-corrected chi connectivity index (χ3v) is 7.66. The van der Waals surface area contributed by atoms with Crippen molar-refractivity contribution in [3.05, 3.63) is 64.7 Å². The molecule has 3 unspecified atom stereocenters. The van der Waals surface area contributed by atoms with Crippen LogP contribution in [0.15, 0.2) is 42.5 Å². The molecule has 3 amide bonds. The maximum Gasteiger partial charge on any atom is 0.408 e. The molecule has 0 fully saturated rings. The quantitative estimate of drug-likeness (QED) is 0.326. The number of amides is 3. The van der Waals surface area contributed by atoms with Crippen molar-refractivity contribution in [1.29, 1.82) is 0 Å². The molecule has 0 spiro atoms. The third kappa shape index (κ3) is 8.33. The lowest BCUT2D eigenvalue weighted by atomic mass is 9.88. The highest BCUT2D eigenvalue weighted by molar-refractivity contribution is 5.99. The highest BCUT2D eigenvalue weighted by Gasteiger charge is 2.44. The summed E-state index contributed by atoms with van der Waals surface area (Å²) in [6.07, 6.45) is 0.584. The topological polar surface area (TPSA) is 87.7 Å². The lowest BCUT2D eigenvalue weighted by Gasteiger charge is -2.45. The molecule has 0 heterocycles. The number of nitrogens with one attached hydrogen (secondary N) is 2. The van der Waals surface area contributed by atoms with E-state index in [9.17, 15) is 14.4 Å². The zero-order chi connectivity index (χ0) is 30.4. The average molecular weight is 552 g/mol. The van der Waals surface area contributed by atoms with E-state index in [-0.39, 0.29) is 17.7 Å². The van der Waals surface area contributed by atoms with E-state index in [4.69, 9.17) is 4.74 Å². The smallest absolute Gasteiger partial charge is 0.408 e. The van der Waals surface area contributed by atoms with Gasteiger partial charge in [-0.25, -0.2) is 4.79 Å². The van der Waals surface area contributed by atoms with Crippen LogP contribution >= 0.6 is 0 Å². The van der Waals surface area contributed by atoms with Gasteiger partial charge >= 0.3 is 6.09 Å². The normalized spacial score (nSPS) is 14.1. The zero-order valence-corrected chi connectivity index (χ0v) is 26.3. The van der Waals surface area contributed by atoms with Gasteiger partial charge in [-0.05, 0) is 96.0 Å². The van der Waals surface area contributed by atoms with Gasteiger partial charge in [0, 0.05) is 11.2 Å². The molecule has 0 aliphatic rings. The van der Waals surface area contributed by atoms with Crippen LogP contribution in [0, 0.1) is 26.7 Å². The summed E-state index contributed by atoms with van der Waals surface area (Å²) in [6, 6.07) is 11.6. The van der Waals surface area contributed by atoms with E-state index in [1.165, 1.54) is 0 Å². The standard InChI is InChI=1S/C33H49N3O4/c1-12-21(3)27(35-31(39)40-32(7,8)9)30(38)36(33(10,11)13-2)28(25-19-18-22(4)24(6)20-25)29(37)34-26-17-15-14-16-23(26)5/h14-21,27-28H,12-13H2,1-11H3,(H,34,37)(H,35,39). The van der Waals surface area contributed by atoms with Crippen LogP contribution in [0.2, 0.25) is 0 Å². The Morgan fingerprint density at radius 2 is 1.52 bits per heavy atom. The van der Waals surface area contributed by atoms with Gasteiger partial charge in [-0.3, -0.25) is 9.59 Å². The van der Waals surface area contributed by atoms with Crippen LogP contribution in [0.3, 0.4) is 0 Å². The Hall–Kier alpha value is -3.35. The highest BCUT2D eigenvalue weighted by Crippen LogP contribution is 2.35. The molecule has 40 heavy (non-hydrogen) atoms. The molecule has 0 aliphatic carbocycles. The van der Waals surface area contributed by atoms with Crippen molar-refractivity contribution < 1.29 is 19.1 Å². The molecule has 0 aliphatic heterocycles. The van der Waals surface area contributed by atoms with Crippen LogP contribution in [-0.2, 0) is 14.3 Å². The number of anilines is 1. The van der Waals surface area contributed by atoms with Gasteiger partial charge in [0.1, 0.15) is 17.7 Å². The summed E-state index contributed by atoms with van der Waals surface area (Å²) in [5.41, 5.74) is 3.01. The molecule has 7 nitrogen and oxygen atoms in total. The lowest BCUT2D eigenvalue weighted by Crippen LogP contribution is -2.60. The third-order valence-electron chi connectivity index (χ3n) is 7.66. The second-order valence-electron chi connectivity index (χ2n) is 12.4. The summed E-state index contributed by atoms with van der Waals surface area (Å²) in [5.74, 6) is -0.835. The number of hydrogen-bond acceptors (Lipinski definition) is 4. The first-order valence-corrected chi connectivity index (χ1v) is 14.3. The van der Waals surface area contributed by atoms with Gasteiger partial charge in [0.25, 0.3) is 5.91 Å². The molecule has 2 rings (SSSR count). The highest BCUT2D eigenvalue weighted by atomic mass is 16.6. The molecule has 0 saturated heterocycles. The number of ether oxygens (including phenoxy) is 1. The maximum absolute atomic E-state index is 14.6. The van der Waals surface area contributed by atoms with Crippen molar-refractivity contribution in [2.24, 2.45) is 5.92 Å². The summed E-state index contributed by atoms with van der Waals surface area (Å²) >= 11 is 0. The Bertz CT molecular complexity index is 1200. The molecule has 0 radical (unpaired) electrons. The lowest BCUT2D eigenvalue weighted by molar-refractivity contribution is -0.148. The molecular formula is C33H49N3O4. The van der Waals surface area contributed by atoms with Gasteiger partial charge in [0.15, 0.2) is 0 Å². The molecule has 2 N–H and O–H groups in total. The molecule has 0 bridgehead atoms. The van der Waals surface area contributed by atoms with E-state index in [0.717, 1.165) is 16.7 Å². The summed E-state index contributed by atoms with van der Waals surface area (Å²) in [6.45, 7) is 21.1. The number of para-hydroxylation sites is 1. The minimum absolute atomic E-state index is 0.199. The van der Waals surface area contributed by atoms with E-state index in [1.54, 1.807) is 25.7 Å². The van der Waals surface area contributed by atoms with Crippen LogP contribution in [0.25, 0.3) is 0 Å². The number of alkyl carbamates (subject to hydrolysis) is 1. The van der Waals surface area contributed by atoms with E-state index in [2.05, 4.69) is 10.6 Å². The van der Waals surface area contributed by atoms with Crippen molar-refractivity contribution in [1.82, 2.24) is 10.2 Å². The Balaban J connectivity index is 2.71. The number of carbonyl (C=O) groups excluding carboxylic acids is 3. The first-order valence-electron chi connectivity index (χ1n) is 14.3. The second kappa shape index (κ2) is 13.3. The Morgan fingerprint density at radius 3 is 2.05 bits per heavy atom. The fraction of sp³-hybridized carbons (Fsp3) is 0.545. The predicted molar refractivity (Wildman–Crippen MR) is 162 cm³/mol. The van der Waals surface area contributed by atoms with Gasteiger partial charge in [-0.1, -0.05) is 63.6 Å². The van der Waals surface area contributed by atoms with E-state index < -0.39 is 29.3 Å². The van der Waals surface area contributed by atoms with Crippen molar-refractivity contribution in [3.63, 3.8) is 0 Å². The van der Waals surface area contributed by atoms with E-state index in [1.807, 2.05) is 97.9 Å². The minimum Gasteiger partial charge on any atom is -0.444 e. The van der Waals surface area contributed by atoms with Crippen molar-refractivity contribution in [2.75, 3.05) is 5.32 Å². The molecule has 220 valence electrons. The molecular weight excluding hydrogens is 502 g/mol. The summed E-state index contributed by atoms with van der Waals surface area (Å²) in [4.78, 5) is 43.4. The van der Waals surface area contributed by atoms with E-state index in [0.29, 0.717) is 24.1 Å². The average Bonchev–Trinajstić information content (AvgIpc) is 2.86. The largest absolute Gasteiger partial charge is 0.444 e. The molecule has 2 aromatic carbocycles. The molecule has 2 aromatic rings. The van der Waals surface area contributed by atoms with E-state index >= 15 is 0 Å². The van der Waals surface area contributed by atoms with Crippen molar-refractivity contribution in [2.45, 2.75) is 112 Å². The summed E-state index contributed by atoms with van der Waals surface area (Å²) in [7, 11) is 0. The summed E-state index contributed by atoms with van der Waals surface area (Å²) in [5, 5.41) is 5.92. The van der Waals surface area contributed by atoms with Gasteiger partial charge in [-0.2, -0.15) is 0 Å². The Labute approximate surface area is 241 Å². The first-order chi connectivity index (χ1) is 18.5. The SMILES string of the molecule is CCC(C)C(NC(=O)OC(C)(C)C)C(=O)N(C(C(=O)Nc1ccccc1C)c1ccc(C)c(C)c1)C(C)(C)CC. The molecule has 7 heteroatoms. The monoisotopic (exact) mass is 551 g/mol. The molecule has 0 saturated carbocycles. The minimum atomic E-state index is -0.937. The fourth-order valence-corrected chi connectivity index (χ4v) is 4.48. The number of aryl methyl sites for hydroxylation is 3. The Morgan fingerprint density at radius 1 is 0.900 bits per heavy atom. The van der Waals surface area contributed by atoms with Gasteiger partial charge in [-0.15, -0.1) is 0 Å². The Kier molecular flexibility index (Phi) is 11.0. The van der Waals surface area contributed by atoms with Crippen LogP contribution in [0.4, 0.5) is 10.5 Å². The first kappa shape index (κ1) is 32.9. The van der Waals surface area contributed by atoms with Crippen LogP contribution in [0.1, 0.15) is 96.5 Å². The molecule has 0 aromatic heterocycles. The van der Waals surface area contributed by atoms with Crippen molar-refractivity contribution >= 4 is 23.6 Å². The number of hydrogen-bond donors (Lipinski definition) is 2. The van der Waals surface area contributed by atoms with Gasteiger partial charge < -0.3 is 20.3 Å². The number of carbonyl (C=O) groups is 3. The number of rotatable bonds is 10.